The molecule has 1 fully saturated rings. The third kappa shape index (κ3) is 3.73. The highest BCUT2D eigenvalue weighted by atomic mass is 16.5. The first-order valence-corrected chi connectivity index (χ1v) is 4.58. The summed E-state index contributed by atoms with van der Waals surface area (Å²) in [5.41, 5.74) is 0. The highest BCUT2D eigenvalue weighted by Crippen LogP contribution is 2.05. The summed E-state index contributed by atoms with van der Waals surface area (Å²) in [6.45, 7) is 11.2. The van der Waals surface area contributed by atoms with E-state index in [0.29, 0.717) is 18.2 Å². The van der Waals surface area contributed by atoms with Crippen LogP contribution >= 0.6 is 0 Å². The summed E-state index contributed by atoms with van der Waals surface area (Å²) in [6, 6.07) is 1.03. The van der Waals surface area contributed by atoms with E-state index in [1.165, 1.54) is 0 Å². The molecular weight excluding hydrogens is 138 g/mol. The molecule has 0 aromatic rings. The topological polar surface area (TPSA) is 21.3 Å². The maximum atomic E-state index is 5.44. The predicted octanol–water partition coefficient (Wildman–Crippen LogP) is 1.80. The van der Waals surface area contributed by atoms with Crippen molar-refractivity contribution < 1.29 is 4.74 Å². The second-order valence-electron chi connectivity index (χ2n) is 2.89. The molecule has 2 heteroatoms. The van der Waals surface area contributed by atoms with Gasteiger partial charge in [-0.05, 0) is 20.8 Å². The molecule has 1 saturated heterocycles. The van der Waals surface area contributed by atoms with E-state index in [1.807, 2.05) is 13.8 Å². The summed E-state index contributed by atoms with van der Waals surface area (Å²) in [7, 11) is 0. The number of hydrogen-bond donors (Lipinski definition) is 1. The van der Waals surface area contributed by atoms with Crippen molar-refractivity contribution in [1.82, 2.24) is 5.32 Å². The van der Waals surface area contributed by atoms with Crippen molar-refractivity contribution >= 4 is 0 Å². The number of rotatable bonds is 0. The molecule has 0 aliphatic carbocycles. The Morgan fingerprint density at radius 3 is 2.09 bits per heavy atom. The molecule has 0 aromatic carbocycles. The Morgan fingerprint density at radius 2 is 1.73 bits per heavy atom. The Bertz CT molecular complexity index is 95.6. The van der Waals surface area contributed by atoms with Crippen molar-refractivity contribution in [1.29, 1.82) is 0 Å². The minimum atomic E-state index is 0.376. The maximum Gasteiger partial charge on any atom is 0.0698 e. The van der Waals surface area contributed by atoms with Gasteiger partial charge in [0.05, 0.1) is 12.7 Å². The zero-order chi connectivity index (χ0) is 8.85. The van der Waals surface area contributed by atoms with E-state index in [4.69, 9.17) is 4.74 Å². The van der Waals surface area contributed by atoms with Gasteiger partial charge in [0, 0.05) is 12.1 Å². The molecular formula is C9H21NO. The molecule has 0 bridgehead atoms. The molecule has 3 atom stereocenters. The summed E-state index contributed by atoms with van der Waals surface area (Å²) in [6.07, 6.45) is 0.376. The number of nitrogens with one attached hydrogen (secondary N) is 1. The van der Waals surface area contributed by atoms with Crippen LogP contribution < -0.4 is 5.32 Å². The molecule has 0 saturated carbocycles. The van der Waals surface area contributed by atoms with E-state index >= 15 is 0 Å². The first-order valence-electron chi connectivity index (χ1n) is 4.58. The van der Waals surface area contributed by atoms with Gasteiger partial charge in [0.15, 0.2) is 0 Å². The quantitative estimate of drug-likeness (QED) is 0.582. The maximum absolute atomic E-state index is 5.44. The van der Waals surface area contributed by atoms with Crippen LogP contribution in [0.1, 0.15) is 34.6 Å². The second-order valence-corrected chi connectivity index (χ2v) is 2.89. The number of hydrogen-bond acceptors (Lipinski definition) is 2. The first-order chi connectivity index (χ1) is 5.20. The highest BCUT2D eigenvalue weighted by molar-refractivity contribution is 4.77. The van der Waals surface area contributed by atoms with Gasteiger partial charge in [-0.15, -0.1) is 0 Å². The van der Waals surface area contributed by atoms with Crippen LogP contribution in [0, 0.1) is 0 Å². The summed E-state index contributed by atoms with van der Waals surface area (Å²) in [4.78, 5) is 0. The molecule has 1 heterocycles. The molecule has 11 heavy (non-hydrogen) atoms. The lowest BCUT2D eigenvalue weighted by Crippen LogP contribution is -2.50. The lowest BCUT2D eigenvalue weighted by Gasteiger charge is -2.31. The summed E-state index contributed by atoms with van der Waals surface area (Å²) < 4.78 is 5.44. The van der Waals surface area contributed by atoms with Crippen molar-refractivity contribution in [2.24, 2.45) is 0 Å². The van der Waals surface area contributed by atoms with Crippen LogP contribution in [0.25, 0.3) is 0 Å². The zero-order valence-corrected chi connectivity index (χ0v) is 8.35. The Kier molecular flexibility index (Phi) is 5.51. The fourth-order valence-electron chi connectivity index (χ4n) is 1.07. The lowest BCUT2D eigenvalue weighted by molar-refractivity contribution is -0.00764. The molecule has 1 aliphatic rings. The van der Waals surface area contributed by atoms with E-state index in [9.17, 15) is 0 Å². The van der Waals surface area contributed by atoms with Gasteiger partial charge in [0.25, 0.3) is 0 Å². The molecule has 1 rings (SSSR count). The highest BCUT2D eigenvalue weighted by Gasteiger charge is 2.20. The van der Waals surface area contributed by atoms with Gasteiger partial charge < -0.3 is 10.1 Å². The van der Waals surface area contributed by atoms with Crippen LogP contribution in [-0.2, 0) is 4.74 Å². The van der Waals surface area contributed by atoms with E-state index < -0.39 is 0 Å². The standard InChI is InChI=1S/C7H15NO.C2H6/c1-5-4-9-7(3)6(2)8-5;1-2/h5-8H,4H2,1-3H3;1-2H3. The molecule has 0 amide bonds. The first kappa shape index (κ1) is 10.9. The second kappa shape index (κ2) is 5.56. The van der Waals surface area contributed by atoms with Gasteiger partial charge in [0.2, 0.25) is 0 Å². The molecule has 0 spiro atoms. The van der Waals surface area contributed by atoms with Gasteiger partial charge >= 0.3 is 0 Å². The average molecular weight is 159 g/mol. The van der Waals surface area contributed by atoms with Crippen LogP contribution in [0.15, 0.2) is 0 Å². The van der Waals surface area contributed by atoms with Crippen LogP contribution in [-0.4, -0.2) is 24.8 Å². The van der Waals surface area contributed by atoms with E-state index in [2.05, 4.69) is 26.1 Å². The summed E-state index contributed by atoms with van der Waals surface area (Å²) in [5, 5.41) is 3.40. The Labute approximate surface area is 70.3 Å². The van der Waals surface area contributed by atoms with E-state index in [-0.39, 0.29) is 0 Å². The number of ether oxygens (including phenoxy) is 1. The van der Waals surface area contributed by atoms with Gasteiger partial charge in [-0.2, -0.15) is 0 Å². The summed E-state index contributed by atoms with van der Waals surface area (Å²) >= 11 is 0. The summed E-state index contributed by atoms with van der Waals surface area (Å²) in [5.74, 6) is 0. The molecule has 0 aromatic heterocycles. The molecule has 0 radical (unpaired) electrons. The smallest absolute Gasteiger partial charge is 0.0698 e. The van der Waals surface area contributed by atoms with Crippen molar-refractivity contribution in [3.63, 3.8) is 0 Å². The SMILES string of the molecule is CC.CC1COC(C)C(C)N1. The van der Waals surface area contributed by atoms with E-state index in [1.54, 1.807) is 0 Å². The van der Waals surface area contributed by atoms with Crippen LogP contribution in [0.5, 0.6) is 0 Å². The van der Waals surface area contributed by atoms with Crippen LogP contribution in [0.4, 0.5) is 0 Å². The Balaban J connectivity index is 0.000000461. The Hall–Kier alpha value is -0.0800. The van der Waals surface area contributed by atoms with Crippen LogP contribution in [0.2, 0.25) is 0 Å². The normalized spacial score (nSPS) is 37.4. The minimum absolute atomic E-state index is 0.376. The van der Waals surface area contributed by atoms with E-state index in [0.717, 1.165) is 6.61 Å². The largest absolute Gasteiger partial charge is 0.375 e. The molecule has 1 N–H and O–H groups in total. The Morgan fingerprint density at radius 1 is 1.18 bits per heavy atom. The van der Waals surface area contributed by atoms with Crippen molar-refractivity contribution in [3.8, 4) is 0 Å². The third-order valence-corrected chi connectivity index (χ3v) is 1.86. The van der Waals surface area contributed by atoms with Crippen LogP contribution in [0.3, 0.4) is 0 Å². The average Bonchev–Trinajstić information content (AvgIpc) is 2.02. The third-order valence-electron chi connectivity index (χ3n) is 1.86. The molecule has 68 valence electrons. The van der Waals surface area contributed by atoms with Crippen molar-refractivity contribution in [2.75, 3.05) is 6.61 Å². The molecule has 3 unspecified atom stereocenters. The fourth-order valence-corrected chi connectivity index (χ4v) is 1.07. The molecule has 2 nitrogen and oxygen atoms in total. The lowest BCUT2D eigenvalue weighted by atomic mass is 10.1. The zero-order valence-electron chi connectivity index (χ0n) is 8.35. The number of morpholine rings is 1. The minimum Gasteiger partial charge on any atom is -0.375 e. The van der Waals surface area contributed by atoms with Gasteiger partial charge in [-0.3, -0.25) is 0 Å². The van der Waals surface area contributed by atoms with Crippen molar-refractivity contribution in [2.45, 2.75) is 52.8 Å². The predicted molar refractivity (Wildman–Crippen MR) is 48.8 cm³/mol. The molecule has 1 aliphatic heterocycles. The van der Waals surface area contributed by atoms with Gasteiger partial charge in [0.1, 0.15) is 0 Å². The fraction of sp³-hybridized carbons (Fsp3) is 1.00. The monoisotopic (exact) mass is 159 g/mol. The van der Waals surface area contributed by atoms with Gasteiger partial charge in [-0.25, -0.2) is 0 Å². The van der Waals surface area contributed by atoms with Crippen molar-refractivity contribution in [3.05, 3.63) is 0 Å². The van der Waals surface area contributed by atoms with Gasteiger partial charge in [-0.1, -0.05) is 13.8 Å².